The minimum atomic E-state index is 0.0785. The molecule has 2 aromatic rings. The highest BCUT2D eigenvalue weighted by atomic mass is 16.5. The standard InChI is InChI=1S/C19H21NO4/c1-20-7-6-11-9-14(23-2)18(22)17-15(11)12(20)8-10-4-5-13(21)19(24-3)16(10)17/h4-5,9,12,21-22H,6-8H2,1-3H3/t12-/m1/s1. The van der Waals surface area contributed by atoms with E-state index in [1.165, 1.54) is 12.7 Å². The Balaban J connectivity index is 2.12. The van der Waals surface area contributed by atoms with Crippen molar-refractivity contribution in [1.82, 2.24) is 4.90 Å². The minimum Gasteiger partial charge on any atom is -0.504 e. The first kappa shape index (κ1) is 15.1. The van der Waals surface area contributed by atoms with Crippen molar-refractivity contribution < 1.29 is 19.7 Å². The van der Waals surface area contributed by atoms with Crippen molar-refractivity contribution in [3.05, 3.63) is 34.9 Å². The fourth-order valence-electron chi connectivity index (χ4n) is 4.11. The fraction of sp³-hybridized carbons (Fsp3) is 0.368. The van der Waals surface area contributed by atoms with Gasteiger partial charge in [0.25, 0.3) is 0 Å². The summed E-state index contributed by atoms with van der Waals surface area (Å²) in [6.07, 6.45) is 1.73. The summed E-state index contributed by atoms with van der Waals surface area (Å²) in [5.41, 5.74) is 4.88. The first-order chi connectivity index (χ1) is 11.6. The summed E-state index contributed by atoms with van der Waals surface area (Å²) in [6.45, 7) is 0.968. The van der Waals surface area contributed by atoms with Crippen molar-refractivity contribution in [2.75, 3.05) is 27.8 Å². The first-order valence-corrected chi connectivity index (χ1v) is 8.09. The Morgan fingerprint density at radius 1 is 1.08 bits per heavy atom. The molecule has 0 fully saturated rings. The number of fused-ring (bicyclic) bond motifs is 2. The van der Waals surface area contributed by atoms with Crippen LogP contribution < -0.4 is 9.47 Å². The number of rotatable bonds is 2. The maximum absolute atomic E-state index is 10.9. The summed E-state index contributed by atoms with van der Waals surface area (Å²) in [5.74, 6) is 1.06. The second-order valence-electron chi connectivity index (χ2n) is 6.48. The summed E-state index contributed by atoms with van der Waals surface area (Å²) in [4.78, 5) is 2.32. The minimum absolute atomic E-state index is 0.0785. The summed E-state index contributed by atoms with van der Waals surface area (Å²) in [5, 5.41) is 21.1. The van der Waals surface area contributed by atoms with Crippen LogP contribution in [0, 0.1) is 0 Å². The lowest BCUT2D eigenvalue weighted by atomic mass is 9.76. The van der Waals surface area contributed by atoms with Crippen molar-refractivity contribution in [3.63, 3.8) is 0 Å². The summed E-state index contributed by atoms with van der Waals surface area (Å²) in [6, 6.07) is 5.72. The van der Waals surface area contributed by atoms with Gasteiger partial charge in [-0.3, -0.25) is 4.90 Å². The molecule has 1 heterocycles. The second kappa shape index (κ2) is 5.31. The molecule has 2 N–H and O–H groups in total. The van der Waals surface area contributed by atoms with Crippen LogP contribution in [0.2, 0.25) is 0 Å². The zero-order valence-corrected chi connectivity index (χ0v) is 14.1. The van der Waals surface area contributed by atoms with E-state index in [0.717, 1.165) is 41.6 Å². The average Bonchev–Trinajstić information content (AvgIpc) is 2.59. The van der Waals surface area contributed by atoms with E-state index in [-0.39, 0.29) is 17.5 Å². The largest absolute Gasteiger partial charge is 0.504 e. The number of aromatic hydroxyl groups is 2. The van der Waals surface area contributed by atoms with Crippen molar-refractivity contribution in [1.29, 1.82) is 0 Å². The monoisotopic (exact) mass is 327 g/mol. The van der Waals surface area contributed by atoms with E-state index in [4.69, 9.17) is 9.47 Å². The maximum atomic E-state index is 10.9. The molecule has 0 aromatic heterocycles. The average molecular weight is 327 g/mol. The van der Waals surface area contributed by atoms with Gasteiger partial charge in [0.2, 0.25) is 0 Å². The third-order valence-corrected chi connectivity index (χ3v) is 5.30. The van der Waals surface area contributed by atoms with Gasteiger partial charge in [-0.1, -0.05) is 6.07 Å². The summed E-state index contributed by atoms with van der Waals surface area (Å²) < 4.78 is 10.9. The summed E-state index contributed by atoms with van der Waals surface area (Å²) in [7, 11) is 5.21. The van der Waals surface area contributed by atoms with Crippen molar-refractivity contribution in [2.24, 2.45) is 0 Å². The number of hydrogen-bond acceptors (Lipinski definition) is 5. The lowest BCUT2D eigenvalue weighted by molar-refractivity contribution is 0.226. The Morgan fingerprint density at radius 2 is 1.88 bits per heavy atom. The molecule has 1 aliphatic carbocycles. The molecule has 1 atom stereocenters. The van der Waals surface area contributed by atoms with Gasteiger partial charge in [0, 0.05) is 23.7 Å². The zero-order valence-electron chi connectivity index (χ0n) is 14.1. The third-order valence-electron chi connectivity index (χ3n) is 5.30. The predicted molar refractivity (Wildman–Crippen MR) is 91.1 cm³/mol. The Hall–Kier alpha value is -2.40. The second-order valence-corrected chi connectivity index (χ2v) is 6.48. The van der Waals surface area contributed by atoms with E-state index in [1.54, 1.807) is 13.2 Å². The van der Waals surface area contributed by atoms with Gasteiger partial charge in [0.15, 0.2) is 23.0 Å². The highest BCUT2D eigenvalue weighted by Gasteiger charge is 2.37. The number of phenolic OH excluding ortho intramolecular Hbond substituents is 2. The van der Waals surface area contributed by atoms with Gasteiger partial charge in [0.05, 0.1) is 14.2 Å². The van der Waals surface area contributed by atoms with Crippen LogP contribution in [0.4, 0.5) is 0 Å². The van der Waals surface area contributed by atoms with Crippen LogP contribution in [-0.2, 0) is 12.8 Å². The number of phenols is 2. The van der Waals surface area contributed by atoms with Crippen LogP contribution in [0.5, 0.6) is 23.0 Å². The van der Waals surface area contributed by atoms with Crippen LogP contribution >= 0.6 is 0 Å². The number of nitrogens with zero attached hydrogens (tertiary/aromatic N) is 1. The van der Waals surface area contributed by atoms with E-state index < -0.39 is 0 Å². The molecular formula is C19H21NO4. The molecular weight excluding hydrogens is 306 g/mol. The number of methoxy groups -OCH3 is 2. The van der Waals surface area contributed by atoms with Gasteiger partial charge in [0.1, 0.15) is 0 Å². The number of ether oxygens (including phenoxy) is 2. The van der Waals surface area contributed by atoms with Crippen LogP contribution in [0.1, 0.15) is 22.7 Å². The number of benzene rings is 2. The lowest BCUT2D eigenvalue weighted by Crippen LogP contribution is -2.35. The molecule has 4 rings (SSSR count). The maximum Gasteiger partial charge on any atom is 0.168 e. The number of likely N-dealkylation sites (N-methyl/N-ethyl adjacent to an activating group) is 1. The van der Waals surface area contributed by atoms with Gasteiger partial charge in [-0.2, -0.15) is 0 Å². The molecule has 2 aromatic carbocycles. The molecule has 0 spiro atoms. The molecule has 0 saturated heterocycles. The van der Waals surface area contributed by atoms with E-state index >= 15 is 0 Å². The van der Waals surface area contributed by atoms with Gasteiger partial charge in [-0.25, -0.2) is 0 Å². The van der Waals surface area contributed by atoms with Gasteiger partial charge < -0.3 is 19.7 Å². The third kappa shape index (κ3) is 1.91. The van der Waals surface area contributed by atoms with E-state index in [9.17, 15) is 10.2 Å². The predicted octanol–water partition coefficient (Wildman–Crippen LogP) is 2.87. The van der Waals surface area contributed by atoms with Gasteiger partial charge in [-0.05, 0) is 48.7 Å². The van der Waals surface area contributed by atoms with Crippen LogP contribution in [-0.4, -0.2) is 42.9 Å². The van der Waals surface area contributed by atoms with Crippen LogP contribution in [0.15, 0.2) is 18.2 Å². The van der Waals surface area contributed by atoms with E-state index in [0.29, 0.717) is 11.5 Å². The quantitative estimate of drug-likeness (QED) is 0.888. The highest BCUT2D eigenvalue weighted by Crippen LogP contribution is 2.55. The molecule has 126 valence electrons. The first-order valence-electron chi connectivity index (χ1n) is 8.09. The molecule has 0 unspecified atom stereocenters. The van der Waals surface area contributed by atoms with Crippen molar-refractivity contribution in [2.45, 2.75) is 18.9 Å². The lowest BCUT2D eigenvalue weighted by Gasteiger charge is -2.40. The molecule has 0 amide bonds. The van der Waals surface area contributed by atoms with Gasteiger partial charge in [-0.15, -0.1) is 0 Å². The molecule has 2 aliphatic rings. The molecule has 0 saturated carbocycles. The van der Waals surface area contributed by atoms with Crippen LogP contribution in [0.25, 0.3) is 11.1 Å². The normalized spacial score (nSPS) is 18.7. The van der Waals surface area contributed by atoms with E-state index in [1.807, 2.05) is 12.1 Å². The molecule has 5 nitrogen and oxygen atoms in total. The Bertz CT molecular complexity index is 831. The molecule has 1 aliphatic heterocycles. The topological polar surface area (TPSA) is 62.2 Å². The summed E-state index contributed by atoms with van der Waals surface area (Å²) >= 11 is 0. The Kier molecular flexibility index (Phi) is 3.35. The van der Waals surface area contributed by atoms with Gasteiger partial charge >= 0.3 is 0 Å². The van der Waals surface area contributed by atoms with Crippen molar-refractivity contribution in [3.8, 4) is 34.1 Å². The Morgan fingerprint density at radius 3 is 2.58 bits per heavy atom. The molecule has 0 bridgehead atoms. The molecule has 0 radical (unpaired) electrons. The Labute approximate surface area is 141 Å². The zero-order chi connectivity index (χ0) is 17.0. The van der Waals surface area contributed by atoms with E-state index in [2.05, 4.69) is 11.9 Å². The fourth-order valence-corrected chi connectivity index (χ4v) is 4.11. The van der Waals surface area contributed by atoms with Crippen molar-refractivity contribution >= 4 is 0 Å². The smallest absolute Gasteiger partial charge is 0.168 e. The number of hydrogen-bond donors (Lipinski definition) is 2. The highest BCUT2D eigenvalue weighted by molar-refractivity contribution is 5.88. The molecule has 24 heavy (non-hydrogen) atoms. The molecule has 5 heteroatoms. The van der Waals surface area contributed by atoms with Crippen LogP contribution in [0.3, 0.4) is 0 Å². The SMILES string of the molecule is COc1cc2c3c(c1O)-c1c(ccc(O)c1OC)C[C@H]3N(C)CC2.